The van der Waals surface area contributed by atoms with Gasteiger partial charge in [-0.2, -0.15) is 0 Å². The number of hydrogen-bond donors (Lipinski definition) is 1. The average molecular weight is 271 g/mol. The van der Waals surface area contributed by atoms with Gasteiger partial charge in [-0.3, -0.25) is 4.79 Å². The number of aliphatic carboxylic acids is 1. The number of halogens is 1. The van der Waals surface area contributed by atoms with Gasteiger partial charge in [0.25, 0.3) is 0 Å². The van der Waals surface area contributed by atoms with E-state index >= 15 is 0 Å². The van der Waals surface area contributed by atoms with Gasteiger partial charge in [0, 0.05) is 12.4 Å². The summed E-state index contributed by atoms with van der Waals surface area (Å²) in [4.78, 5) is 21.3. The number of rotatable bonds is 7. The van der Waals surface area contributed by atoms with Crippen LogP contribution in [-0.2, 0) is 9.59 Å². The van der Waals surface area contributed by atoms with Gasteiger partial charge in [-0.15, -0.1) is 0 Å². The van der Waals surface area contributed by atoms with E-state index in [1.807, 2.05) is 0 Å². The third kappa shape index (κ3) is 5.54. The Morgan fingerprint density at radius 1 is 1.28 bits per heavy atom. The molecular weight excluding hydrogens is 258 g/mol. The third-order valence-electron chi connectivity index (χ3n) is 2.07. The van der Waals surface area contributed by atoms with E-state index in [0.29, 0.717) is 10.8 Å². The fourth-order valence-electron chi connectivity index (χ4n) is 1.22. The minimum atomic E-state index is -1.24. The highest BCUT2D eigenvalue weighted by Crippen LogP contribution is 2.22. The van der Waals surface area contributed by atoms with Crippen LogP contribution >= 0.6 is 11.6 Å². The van der Waals surface area contributed by atoms with Gasteiger partial charge in [-0.05, 0) is 18.6 Å². The number of carbonyl (C=O) groups is 2. The number of carboxylic acid groups (broad SMARTS) is 1. The minimum Gasteiger partial charge on any atom is -0.550 e. The molecule has 0 atom stereocenters. The Balaban J connectivity index is 2.17. The summed E-state index contributed by atoms with van der Waals surface area (Å²) in [6.45, 7) is 0.553. The summed E-state index contributed by atoms with van der Waals surface area (Å²) in [5.74, 6) is -1.04. The third-order valence-corrected chi connectivity index (χ3v) is 2.39. The Morgan fingerprint density at radius 3 is 2.67 bits per heavy atom. The molecular formula is C12H13ClNO4-. The summed E-state index contributed by atoms with van der Waals surface area (Å²) in [6, 6.07) is 7.01. The molecule has 0 aliphatic rings. The molecule has 1 rings (SSSR count). The smallest absolute Gasteiger partial charge is 0.220 e. The zero-order valence-electron chi connectivity index (χ0n) is 9.65. The predicted molar refractivity (Wildman–Crippen MR) is 64.2 cm³/mol. The molecule has 0 fully saturated rings. The molecule has 0 aliphatic carbocycles. The highest BCUT2D eigenvalue weighted by atomic mass is 35.5. The van der Waals surface area contributed by atoms with Crippen molar-refractivity contribution >= 4 is 23.5 Å². The zero-order chi connectivity index (χ0) is 13.4. The predicted octanol–water partition coefficient (Wildman–Crippen LogP) is 0.365. The second-order valence-corrected chi connectivity index (χ2v) is 3.91. The van der Waals surface area contributed by atoms with Crippen LogP contribution in [0.1, 0.15) is 12.8 Å². The molecule has 0 bridgehead atoms. The van der Waals surface area contributed by atoms with E-state index in [-0.39, 0.29) is 31.9 Å². The summed E-state index contributed by atoms with van der Waals surface area (Å²) < 4.78 is 5.34. The maximum Gasteiger partial charge on any atom is 0.220 e. The van der Waals surface area contributed by atoms with Crippen LogP contribution in [0.3, 0.4) is 0 Å². The van der Waals surface area contributed by atoms with Crippen LogP contribution < -0.4 is 15.2 Å². The average Bonchev–Trinajstić information content (AvgIpc) is 2.34. The van der Waals surface area contributed by atoms with Crippen LogP contribution in [0.25, 0.3) is 0 Å². The van der Waals surface area contributed by atoms with E-state index in [4.69, 9.17) is 16.3 Å². The second-order valence-electron chi connectivity index (χ2n) is 3.50. The Hall–Kier alpha value is -1.75. The Morgan fingerprint density at radius 2 is 2.00 bits per heavy atom. The number of para-hydroxylation sites is 1. The van der Waals surface area contributed by atoms with Gasteiger partial charge in [-0.1, -0.05) is 23.7 Å². The van der Waals surface area contributed by atoms with Gasteiger partial charge in [0.2, 0.25) is 5.91 Å². The summed E-state index contributed by atoms with van der Waals surface area (Å²) in [5, 5.41) is 13.2. The Kier molecular flexibility index (Phi) is 6.00. The van der Waals surface area contributed by atoms with E-state index in [2.05, 4.69) is 5.32 Å². The molecule has 98 valence electrons. The van der Waals surface area contributed by atoms with Crippen molar-refractivity contribution in [2.75, 3.05) is 13.2 Å². The van der Waals surface area contributed by atoms with E-state index < -0.39 is 5.97 Å². The molecule has 0 heterocycles. The SMILES string of the molecule is O=C([O-])CCC(=O)NCCOc1ccccc1Cl. The molecule has 6 heteroatoms. The number of amides is 1. The first-order chi connectivity index (χ1) is 8.59. The zero-order valence-corrected chi connectivity index (χ0v) is 10.4. The molecule has 0 unspecified atom stereocenters. The van der Waals surface area contributed by atoms with Crippen molar-refractivity contribution in [3.63, 3.8) is 0 Å². The van der Waals surface area contributed by atoms with E-state index in [1.54, 1.807) is 24.3 Å². The molecule has 0 aliphatic heterocycles. The van der Waals surface area contributed by atoms with Crippen molar-refractivity contribution in [3.8, 4) is 5.75 Å². The molecule has 1 amide bonds. The topological polar surface area (TPSA) is 78.5 Å². The molecule has 0 saturated heterocycles. The fourth-order valence-corrected chi connectivity index (χ4v) is 1.41. The summed E-state index contributed by atoms with van der Waals surface area (Å²) in [5.41, 5.74) is 0. The molecule has 1 N–H and O–H groups in total. The van der Waals surface area contributed by atoms with Crippen LogP contribution in [0, 0.1) is 0 Å². The van der Waals surface area contributed by atoms with Crippen LogP contribution in [0.5, 0.6) is 5.75 Å². The second kappa shape index (κ2) is 7.55. The first-order valence-corrected chi connectivity index (χ1v) is 5.81. The minimum absolute atomic E-state index is 0.0889. The van der Waals surface area contributed by atoms with Crippen molar-refractivity contribution in [1.82, 2.24) is 5.32 Å². The fraction of sp³-hybridized carbons (Fsp3) is 0.333. The van der Waals surface area contributed by atoms with Gasteiger partial charge in [-0.25, -0.2) is 0 Å². The number of nitrogens with one attached hydrogen (secondary N) is 1. The molecule has 18 heavy (non-hydrogen) atoms. The van der Waals surface area contributed by atoms with Crippen molar-refractivity contribution < 1.29 is 19.4 Å². The summed E-state index contributed by atoms with van der Waals surface area (Å²) in [6.07, 6.45) is -0.369. The number of hydrogen-bond acceptors (Lipinski definition) is 4. The lowest BCUT2D eigenvalue weighted by Crippen LogP contribution is -2.30. The molecule has 5 nitrogen and oxygen atoms in total. The number of carbonyl (C=O) groups excluding carboxylic acids is 2. The Bertz CT molecular complexity index is 422. The van der Waals surface area contributed by atoms with Crippen molar-refractivity contribution in [3.05, 3.63) is 29.3 Å². The summed E-state index contributed by atoms with van der Waals surface area (Å²) >= 11 is 5.87. The van der Waals surface area contributed by atoms with Gasteiger partial charge >= 0.3 is 0 Å². The maximum absolute atomic E-state index is 11.1. The molecule has 0 aromatic heterocycles. The van der Waals surface area contributed by atoms with E-state index in [1.165, 1.54) is 0 Å². The van der Waals surface area contributed by atoms with Crippen LogP contribution in [-0.4, -0.2) is 25.0 Å². The molecule has 0 spiro atoms. The van der Waals surface area contributed by atoms with Crippen molar-refractivity contribution in [1.29, 1.82) is 0 Å². The van der Waals surface area contributed by atoms with E-state index in [0.717, 1.165) is 0 Å². The standard InChI is InChI=1S/C12H14ClNO4/c13-9-3-1-2-4-10(9)18-8-7-14-11(15)5-6-12(16)17/h1-4H,5-8H2,(H,14,15)(H,16,17)/p-1. The normalized spacial score (nSPS) is 9.83. The largest absolute Gasteiger partial charge is 0.550 e. The lowest BCUT2D eigenvalue weighted by atomic mass is 10.3. The highest BCUT2D eigenvalue weighted by Gasteiger charge is 2.02. The quantitative estimate of drug-likeness (QED) is 0.726. The number of carboxylic acids is 1. The van der Waals surface area contributed by atoms with Gasteiger partial charge in [0.15, 0.2) is 0 Å². The lowest BCUT2D eigenvalue weighted by Gasteiger charge is -2.09. The van der Waals surface area contributed by atoms with Crippen LogP contribution in [0.4, 0.5) is 0 Å². The lowest BCUT2D eigenvalue weighted by molar-refractivity contribution is -0.305. The first kappa shape index (κ1) is 14.3. The number of benzene rings is 1. The van der Waals surface area contributed by atoms with Gasteiger partial charge in [0.1, 0.15) is 12.4 Å². The molecule has 0 radical (unpaired) electrons. The molecule has 1 aromatic rings. The molecule has 1 aromatic carbocycles. The van der Waals surface area contributed by atoms with Crippen molar-refractivity contribution in [2.45, 2.75) is 12.8 Å². The van der Waals surface area contributed by atoms with Gasteiger partial charge < -0.3 is 20.0 Å². The molecule has 0 saturated carbocycles. The van der Waals surface area contributed by atoms with Crippen LogP contribution in [0.2, 0.25) is 5.02 Å². The summed E-state index contributed by atoms with van der Waals surface area (Å²) in [7, 11) is 0. The van der Waals surface area contributed by atoms with Gasteiger partial charge in [0.05, 0.1) is 11.6 Å². The maximum atomic E-state index is 11.1. The van der Waals surface area contributed by atoms with E-state index in [9.17, 15) is 14.7 Å². The van der Waals surface area contributed by atoms with Crippen LogP contribution in [0.15, 0.2) is 24.3 Å². The monoisotopic (exact) mass is 270 g/mol. The Labute approximate surface area is 110 Å². The first-order valence-electron chi connectivity index (χ1n) is 5.43. The number of ether oxygens (including phenoxy) is 1. The van der Waals surface area contributed by atoms with Crippen molar-refractivity contribution in [2.24, 2.45) is 0 Å². The highest BCUT2D eigenvalue weighted by molar-refractivity contribution is 6.32.